The number of hydrogen-bond acceptors (Lipinski definition) is 6. The van der Waals surface area contributed by atoms with Gasteiger partial charge in [0, 0.05) is 25.0 Å². The van der Waals surface area contributed by atoms with E-state index in [1.165, 1.54) is 0 Å². The zero-order valence-electron chi connectivity index (χ0n) is 13.1. The Balaban J connectivity index is 1.69. The molecule has 2 aromatic heterocycles. The number of oxazole rings is 1. The molecule has 0 unspecified atom stereocenters. The molecule has 3 rings (SSSR count). The van der Waals surface area contributed by atoms with Gasteiger partial charge in [-0.2, -0.15) is 0 Å². The minimum Gasteiger partial charge on any atom is -0.441 e. The van der Waals surface area contributed by atoms with Crippen molar-refractivity contribution in [2.75, 3.05) is 13.7 Å². The number of aromatic nitrogens is 4. The molecule has 0 N–H and O–H groups in total. The fraction of sp³-hybridized carbons (Fsp3) is 0.312. The lowest BCUT2D eigenvalue weighted by molar-refractivity contribution is 0.184. The van der Waals surface area contributed by atoms with Crippen LogP contribution in [0.15, 0.2) is 46.2 Å². The van der Waals surface area contributed by atoms with Crippen LogP contribution in [-0.4, -0.2) is 33.5 Å². The third-order valence-corrected chi connectivity index (χ3v) is 4.36. The smallest absolute Gasteiger partial charge is 0.226 e. The molecule has 0 saturated heterocycles. The number of ether oxygens (including phenoxy) is 1. The molecule has 3 aromatic rings. The van der Waals surface area contributed by atoms with Crippen molar-refractivity contribution in [3.05, 3.63) is 48.1 Å². The van der Waals surface area contributed by atoms with E-state index in [2.05, 4.69) is 15.2 Å². The van der Waals surface area contributed by atoms with Crippen LogP contribution in [0.5, 0.6) is 0 Å². The molecule has 0 aliphatic heterocycles. The Morgan fingerprint density at radius 2 is 2.09 bits per heavy atom. The number of nitrogens with zero attached hydrogens (tertiary/aromatic N) is 4. The summed E-state index contributed by atoms with van der Waals surface area (Å²) in [6, 6.07) is 9.90. The summed E-state index contributed by atoms with van der Waals surface area (Å²) in [5.74, 6) is 2.17. The highest BCUT2D eigenvalue weighted by molar-refractivity contribution is 7.98. The van der Waals surface area contributed by atoms with E-state index < -0.39 is 0 Å². The van der Waals surface area contributed by atoms with Gasteiger partial charge in [0.15, 0.2) is 5.16 Å². The van der Waals surface area contributed by atoms with Crippen molar-refractivity contribution in [2.24, 2.45) is 0 Å². The molecule has 6 nitrogen and oxygen atoms in total. The van der Waals surface area contributed by atoms with E-state index in [0.717, 1.165) is 28.7 Å². The van der Waals surface area contributed by atoms with Crippen LogP contribution in [0.2, 0.25) is 0 Å². The van der Waals surface area contributed by atoms with Crippen LogP contribution in [0, 0.1) is 6.92 Å². The molecule has 1 aromatic carbocycles. The van der Waals surface area contributed by atoms with Gasteiger partial charge in [0.25, 0.3) is 0 Å². The van der Waals surface area contributed by atoms with Crippen LogP contribution in [0.3, 0.4) is 0 Å². The maximum Gasteiger partial charge on any atom is 0.226 e. The summed E-state index contributed by atoms with van der Waals surface area (Å²) in [6.07, 6.45) is 1.71. The highest BCUT2D eigenvalue weighted by atomic mass is 32.2. The maximum absolute atomic E-state index is 5.78. The first-order valence-corrected chi connectivity index (χ1v) is 8.27. The van der Waals surface area contributed by atoms with Crippen LogP contribution >= 0.6 is 11.8 Å². The second kappa shape index (κ2) is 7.43. The van der Waals surface area contributed by atoms with E-state index >= 15 is 0 Å². The minimum absolute atomic E-state index is 0.632. The van der Waals surface area contributed by atoms with Crippen molar-refractivity contribution < 1.29 is 9.15 Å². The lowest BCUT2D eigenvalue weighted by atomic mass is 10.2. The molecule has 23 heavy (non-hydrogen) atoms. The number of rotatable bonds is 7. The first kappa shape index (κ1) is 15.8. The number of benzene rings is 1. The molecule has 0 bridgehead atoms. The Kier molecular flexibility index (Phi) is 5.09. The molecule has 0 aliphatic rings. The van der Waals surface area contributed by atoms with Crippen molar-refractivity contribution in [3.8, 4) is 11.5 Å². The van der Waals surface area contributed by atoms with Gasteiger partial charge in [-0.1, -0.05) is 30.0 Å². The fourth-order valence-corrected chi connectivity index (χ4v) is 3.04. The normalized spacial score (nSPS) is 11.0. The molecule has 0 radical (unpaired) electrons. The Bertz CT molecular complexity index is 755. The van der Waals surface area contributed by atoms with Crippen molar-refractivity contribution >= 4 is 11.8 Å². The molecule has 0 fully saturated rings. The monoisotopic (exact) mass is 330 g/mol. The van der Waals surface area contributed by atoms with Gasteiger partial charge in [-0.3, -0.25) is 0 Å². The topological polar surface area (TPSA) is 66.0 Å². The summed E-state index contributed by atoms with van der Waals surface area (Å²) in [4.78, 5) is 4.60. The van der Waals surface area contributed by atoms with Crippen molar-refractivity contribution in [1.29, 1.82) is 0 Å². The highest BCUT2D eigenvalue weighted by Gasteiger charge is 2.13. The van der Waals surface area contributed by atoms with E-state index in [0.29, 0.717) is 18.3 Å². The van der Waals surface area contributed by atoms with Crippen LogP contribution in [-0.2, 0) is 17.0 Å². The van der Waals surface area contributed by atoms with Crippen LogP contribution in [0.25, 0.3) is 11.5 Å². The molecule has 0 spiro atoms. The summed E-state index contributed by atoms with van der Waals surface area (Å²) >= 11 is 1.59. The standard InChI is InChI=1S/C16H18N4O2S/c1-12-14(18-15(22-12)13-6-4-3-5-7-13)10-23-16-19-17-11-20(16)8-9-21-2/h3-7,11H,8-10H2,1-2H3. The summed E-state index contributed by atoms with van der Waals surface area (Å²) < 4.78 is 12.8. The number of aryl methyl sites for hydroxylation is 1. The van der Waals surface area contributed by atoms with Crippen molar-refractivity contribution in [3.63, 3.8) is 0 Å². The third-order valence-electron chi connectivity index (χ3n) is 3.37. The van der Waals surface area contributed by atoms with Gasteiger partial charge >= 0.3 is 0 Å². The Labute approximate surface area is 138 Å². The van der Waals surface area contributed by atoms with Crippen molar-refractivity contribution in [1.82, 2.24) is 19.7 Å². The second-order valence-corrected chi connectivity index (χ2v) is 5.92. The molecule has 0 atom stereocenters. The van der Waals surface area contributed by atoms with Crippen LogP contribution in [0.4, 0.5) is 0 Å². The molecular weight excluding hydrogens is 312 g/mol. The SMILES string of the molecule is COCCn1cnnc1SCc1nc(-c2ccccc2)oc1C. The average Bonchev–Trinajstić information content (AvgIpc) is 3.18. The first-order valence-electron chi connectivity index (χ1n) is 7.29. The maximum atomic E-state index is 5.78. The van der Waals surface area contributed by atoms with E-state index in [1.54, 1.807) is 25.2 Å². The van der Waals surface area contributed by atoms with Gasteiger partial charge in [-0.15, -0.1) is 10.2 Å². The number of hydrogen-bond donors (Lipinski definition) is 0. The predicted octanol–water partition coefficient (Wildman–Crippen LogP) is 3.18. The molecule has 0 aliphatic carbocycles. The second-order valence-electron chi connectivity index (χ2n) is 4.98. The highest BCUT2D eigenvalue weighted by Crippen LogP contribution is 2.26. The summed E-state index contributed by atoms with van der Waals surface area (Å²) in [5.41, 5.74) is 1.91. The summed E-state index contributed by atoms with van der Waals surface area (Å²) in [6.45, 7) is 3.30. The minimum atomic E-state index is 0.632. The van der Waals surface area contributed by atoms with Gasteiger partial charge in [-0.05, 0) is 19.1 Å². The van der Waals surface area contributed by atoms with Crippen LogP contribution in [0.1, 0.15) is 11.5 Å². The Morgan fingerprint density at radius 1 is 1.26 bits per heavy atom. The van der Waals surface area contributed by atoms with Gasteiger partial charge in [-0.25, -0.2) is 4.98 Å². The molecular formula is C16H18N4O2S. The zero-order chi connectivity index (χ0) is 16.1. The number of methoxy groups -OCH3 is 1. The Hall–Kier alpha value is -2.12. The molecule has 0 saturated carbocycles. The first-order chi connectivity index (χ1) is 11.3. The lowest BCUT2D eigenvalue weighted by Gasteiger charge is -2.04. The van der Waals surface area contributed by atoms with Gasteiger partial charge < -0.3 is 13.7 Å². The lowest BCUT2D eigenvalue weighted by Crippen LogP contribution is -2.04. The van der Waals surface area contributed by atoms with E-state index in [1.807, 2.05) is 41.8 Å². The molecule has 2 heterocycles. The predicted molar refractivity (Wildman–Crippen MR) is 88.1 cm³/mol. The average molecular weight is 330 g/mol. The Morgan fingerprint density at radius 3 is 2.87 bits per heavy atom. The quantitative estimate of drug-likeness (QED) is 0.620. The van der Waals surface area contributed by atoms with Gasteiger partial charge in [0.1, 0.15) is 12.1 Å². The largest absolute Gasteiger partial charge is 0.441 e. The fourth-order valence-electron chi connectivity index (χ4n) is 2.10. The number of thioether (sulfide) groups is 1. The molecule has 120 valence electrons. The van der Waals surface area contributed by atoms with Gasteiger partial charge in [0.2, 0.25) is 5.89 Å². The van der Waals surface area contributed by atoms with E-state index in [-0.39, 0.29) is 0 Å². The van der Waals surface area contributed by atoms with Crippen molar-refractivity contribution in [2.45, 2.75) is 24.4 Å². The summed E-state index contributed by atoms with van der Waals surface area (Å²) in [5, 5.41) is 8.95. The molecule has 7 heteroatoms. The summed E-state index contributed by atoms with van der Waals surface area (Å²) in [7, 11) is 1.68. The van der Waals surface area contributed by atoms with Gasteiger partial charge in [0.05, 0.1) is 12.3 Å². The molecule has 0 amide bonds. The van der Waals surface area contributed by atoms with E-state index in [4.69, 9.17) is 9.15 Å². The third kappa shape index (κ3) is 3.80. The van der Waals surface area contributed by atoms with E-state index in [9.17, 15) is 0 Å². The van der Waals surface area contributed by atoms with Crippen LogP contribution < -0.4 is 0 Å². The zero-order valence-corrected chi connectivity index (χ0v) is 13.9.